The summed E-state index contributed by atoms with van der Waals surface area (Å²) in [5, 5.41) is 8.91. The molecule has 0 aliphatic rings. The number of nitrogens with two attached hydrogens (primary N) is 1. The molecule has 1 heterocycles. The Morgan fingerprint density at radius 2 is 1.94 bits per heavy atom. The molecule has 92 valence electrons. The SMILES string of the molecule is NC(=S)c1cnc(Oc2ccc(CO)cc2)cn1. The summed E-state index contributed by atoms with van der Waals surface area (Å²) in [4.78, 5) is 8.25. The second-order valence-electron chi connectivity index (χ2n) is 3.51. The Bertz CT molecular complexity index is 540. The van der Waals surface area contributed by atoms with Crippen LogP contribution in [0.1, 0.15) is 11.3 Å². The Labute approximate surface area is 109 Å². The number of rotatable bonds is 4. The zero-order valence-electron chi connectivity index (χ0n) is 9.41. The highest BCUT2D eigenvalue weighted by atomic mass is 32.1. The Morgan fingerprint density at radius 1 is 1.22 bits per heavy atom. The second-order valence-corrected chi connectivity index (χ2v) is 3.95. The lowest BCUT2D eigenvalue weighted by Gasteiger charge is -2.05. The maximum Gasteiger partial charge on any atom is 0.237 e. The van der Waals surface area contributed by atoms with E-state index < -0.39 is 0 Å². The summed E-state index contributed by atoms with van der Waals surface area (Å²) in [6.45, 7) is 0.00271. The molecule has 0 fully saturated rings. The zero-order valence-corrected chi connectivity index (χ0v) is 10.2. The molecule has 2 rings (SSSR count). The molecule has 0 spiro atoms. The summed E-state index contributed by atoms with van der Waals surface area (Å²) < 4.78 is 5.47. The molecule has 18 heavy (non-hydrogen) atoms. The van der Waals surface area contributed by atoms with E-state index in [9.17, 15) is 0 Å². The van der Waals surface area contributed by atoms with E-state index in [0.29, 0.717) is 17.3 Å². The van der Waals surface area contributed by atoms with E-state index in [1.807, 2.05) is 0 Å². The summed E-state index contributed by atoms with van der Waals surface area (Å²) in [5.41, 5.74) is 6.68. The van der Waals surface area contributed by atoms with Crippen molar-refractivity contribution >= 4 is 17.2 Å². The third kappa shape index (κ3) is 2.99. The van der Waals surface area contributed by atoms with Gasteiger partial charge >= 0.3 is 0 Å². The Kier molecular flexibility index (Phi) is 3.81. The zero-order chi connectivity index (χ0) is 13.0. The summed E-state index contributed by atoms with van der Waals surface area (Å²) >= 11 is 4.77. The van der Waals surface area contributed by atoms with Gasteiger partial charge in [-0.05, 0) is 17.7 Å². The van der Waals surface area contributed by atoms with Crippen molar-refractivity contribution in [3.05, 3.63) is 47.9 Å². The first-order valence-electron chi connectivity index (χ1n) is 5.18. The fourth-order valence-electron chi connectivity index (χ4n) is 1.28. The van der Waals surface area contributed by atoms with Crippen molar-refractivity contribution in [1.29, 1.82) is 0 Å². The van der Waals surface area contributed by atoms with Crippen molar-refractivity contribution in [3.8, 4) is 11.6 Å². The molecule has 3 N–H and O–H groups in total. The van der Waals surface area contributed by atoms with Gasteiger partial charge in [0.15, 0.2) is 0 Å². The normalized spacial score (nSPS) is 10.1. The van der Waals surface area contributed by atoms with Crippen molar-refractivity contribution in [2.24, 2.45) is 5.73 Å². The predicted octanol–water partition coefficient (Wildman–Crippen LogP) is 1.40. The van der Waals surface area contributed by atoms with Gasteiger partial charge in [0, 0.05) is 0 Å². The smallest absolute Gasteiger partial charge is 0.237 e. The van der Waals surface area contributed by atoms with Gasteiger partial charge in [0.05, 0.1) is 19.0 Å². The number of nitrogens with zero attached hydrogens (tertiary/aromatic N) is 2. The van der Waals surface area contributed by atoms with Crippen molar-refractivity contribution < 1.29 is 9.84 Å². The van der Waals surface area contributed by atoms with Crippen molar-refractivity contribution in [2.75, 3.05) is 0 Å². The standard InChI is InChI=1S/C12H11N3O2S/c13-12(18)10-5-15-11(6-14-10)17-9-3-1-8(7-16)2-4-9/h1-6,16H,7H2,(H2,13,18). The lowest BCUT2D eigenvalue weighted by atomic mass is 10.2. The topological polar surface area (TPSA) is 81.3 Å². The van der Waals surface area contributed by atoms with Crippen LogP contribution in [0.3, 0.4) is 0 Å². The monoisotopic (exact) mass is 261 g/mol. The molecule has 0 amide bonds. The van der Waals surface area contributed by atoms with E-state index in [0.717, 1.165) is 5.56 Å². The third-order valence-electron chi connectivity index (χ3n) is 2.21. The van der Waals surface area contributed by atoms with Gasteiger partial charge in [0.1, 0.15) is 16.4 Å². The average molecular weight is 261 g/mol. The largest absolute Gasteiger partial charge is 0.438 e. The average Bonchev–Trinajstić information content (AvgIpc) is 2.40. The fraction of sp³-hybridized carbons (Fsp3) is 0.0833. The molecule has 0 unspecified atom stereocenters. The molecular formula is C12H11N3O2S. The first-order chi connectivity index (χ1) is 8.69. The Morgan fingerprint density at radius 3 is 2.44 bits per heavy atom. The van der Waals surface area contributed by atoms with Gasteiger partial charge in [-0.3, -0.25) is 0 Å². The predicted molar refractivity (Wildman–Crippen MR) is 70.4 cm³/mol. The number of aliphatic hydroxyl groups excluding tert-OH is 1. The van der Waals surface area contributed by atoms with Gasteiger partial charge in [-0.1, -0.05) is 24.4 Å². The van der Waals surface area contributed by atoms with Crippen LogP contribution in [0.2, 0.25) is 0 Å². The molecule has 2 aromatic rings. The van der Waals surface area contributed by atoms with Crippen molar-refractivity contribution in [2.45, 2.75) is 6.61 Å². The summed E-state index contributed by atoms with van der Waals surface area (Å²) in [5.74, 6) is 0.969. The van der Waals surface area contributed by atoms with Gasteiger partial charge in [-0.25, -0.2) is 9.97 Å². The van der Waals surface area contributed by atoms with Crippen molar-refractivity contribution in [3.63, 3.8) is 0 Å². The molecule has 1 aromatic carbocycles. The molecule has 0 bridgehead atoms. The van der Waals surface area contributed by atoms with Crippen LogP contribution < -0.4 is 10.5 Å². The highest BCUT2D eigenvalue weighted by Crippen LogP contribution is 2.18. The highest BCUT2D eigenvalue weighted by molar-refractivity contribution is 7.80. The third-order valence-corrected chi connectivity index (χ3v) is 2.42. The molecule has 0 aliphatic heterocycles. The minimum absolute atomic E-state index is 0.00271. The first-order valence-corrected chi connectivity index (χ1v) is 5.59. The molecule has 6 heteroatoms. The summed E-state index contributed by atoms with van der Waals surface area (Å²) in [6, 6.07) is 7.03. The first kappa shape index (κ1) is 12.4. The highest BCUT2D eigenvalue weighted by Gasteiger charge is 2.02. The van der Waals surface area contributed by atoms with E-state index >= 15 is 0 Å². The minimum atomic E-state index is 0.00271. The molecule has 1 aromatic heterocycles. The number of hydrogen-bond acceptors (Lipinski definition) is 5. The quantitative estimate of drug-likeness (QED) is 0.810. The van der Waals surface area contributed by atoms with E-state index in [1.54, 1.807) is 24.3 Å². The van der Waals surface area contributed by atoms with Gasteiger partial charge in [-0.15, -0.1) is 0 Å². The van der Waals surface area contributed by atoms with E-state index in [-0.39, 0.29) is 11.6 Å². The van der Waals surface area contributed by atoms with Gasteiger partial charge < -0.3 is 15.6 Å². The van der Waals surface area contributed by atoms with Gasteiger partial charge in [0.25, 0.3) is 0 Å². The number of ether oxygens (including phenoxy) is 1. The van der Waals surface area contributed by atoms with Crippen LogP contribution in [-0.2, 0) is 6.61 Å². The van der Waals surface area contributed by atoms with Crippen LogP contribution in [0.4, 0.5) is 0 Å². The number of aromatic nitrogens is 2. The molecule has 0 atom stereocenters. The van der Waals surface area contributed by atoms with E-state index in [4.69, 9.17) is 27.8 Å². The lowest BCUT2D eigenvalue weighted by Crippen LogP contribution is -2.11. The maximum absolute atomic E-state index is 8.91. The summed E-state index contributed by atoms with van der Waals surface area (Å²) in [6.07, 6.45) is 2.91. The molecule has 5 nitrogen and oxygen atoms in total. The number of thiocarbonyl (C=S) groups is 1. The Hall–Kier alpha value is -2.05. The number of aliphatic hydroxyl groups is 1. The molecular weight excluding hydrogens is 250 g/mol. The van der Waals surface area contributed by atoms with Crippen LogP contribution in [-0.4, -0.2) is 20.1 Å². The summed E-state index contributed by atoms with van der Waals surface area (Å²) in [7, 11) is 0. The van der Waals surface area contributed by atoms with Crippen LogP contribution in [0.25, 0.3) is 0 Å². The molecule has 0 radical (unpaired) electrons. The van der Waals surface area contributed by atoms with E-state index in [2.05, 4.69) is 9.97 Å². The van der Waals surface area contributed by atoms with Crippen LogP contribution in [0, 0.1) is 0 Å². The van der Waals surface area contributed by atoms with Gasteiger partial charge in [0.2, 0.25) is 5.88 Å². The minimum Gasteiger partial charge on any atom is -0.438 e. The molecule has 0 saturated carbocycles. The number of benzene rings is 1. The van der Waals surface area contributed by atoms with Crippen LogP contribution >= 0.6 is 12.2 Å². The van der Waals surface area contributed by atoms with Crippen LogP contribution in [0.5, 0.6) is 11.6 Å². The van der Waals surface area contributed by atoms with Crippen molar-refractivity contribution in [1.82, 2.24) is 9.97 Å². The number of hydrogen-bond donors (Lipinski definition) is 2. The maximum atomic E-state index is 8.91. The fourth-order valence-corrected chi connectivity index (χ4v) is 1.39. The lowest BCUT2D eigenvalue weighted by molar-refractivity contribution is 0.281. The Balaban J connectivity index is 2.10. The second kappa shape index (κ2) is 5.52. The van der Waals surface area contributed by atoms with E-state index in [1.165, 1.54) is 12.4 Å². The van der Waals surface area contributed by atoms with Gasteiger partial charge in [-0.2, -0.15) is 0 Å². The molecule has 0 saturated heterocycles. The van der Waals surface area contributed by atoms with Crippen LogP contribution in [0.15, 0.2) is 36.7 Å². The molecule has 0 aliphatic carbocycles.